The molecule has 2 nitrogen and oxygen atoms in total. The van der Waals surface area contributed by atoms with Crippen LogP contribution in [-0.4, -0.2) is 7.05 Å². The van der Waals surface area contributed by atoms with Crippen molar-refractivity contribution in [2.24, 2.45) is 0 Å². The number of hydrogen-bond donors (Lipinski definition) is 1. The molecule has 0 atom stereocenters. The summed E-state index contributed by atoms with van der Waals surface area (Å²) >= 11 is 1.67. The molecule has 1 N–H and O–H groups in total. The van der Waals surface area contributed by atoms with Crippen LogP contribution in [0.3, 0.4) is 0 Å². The van der Waals surface area contributed by atoms with Gasteiger partial charge in [-0.3, -0.25) is 0 Å². The summed E-state index contributed by atoms with van der Waals surface area (Å²) in [6.45, 7) is 3.02. The molecule has 0 saturated heterocycles. The molecule has 0 aliphatic carbocycles. The van der Waals surface area contributed by atoms with E-state index in [0.29, 0.717) is 0 Å². The van der Waals surface area contributed by atoms with E-state index in [9.17, 15) is 8.78 Å². The molecule has 0 saturated carbocycles. The third-order valence-corrected chi connectivity index (χ3v) is 3.79. The fraction of sp³-hybridized carbons (Fsp3) is 0.286. The van der Waals surface area contributed by atoms with Crippen LogP contribution in [0.5, 0.6) is 5.75 Å². The summed E-state index contributed by atoms with van der Waals surface area (Å²) in [6.07, 6.45) is 0. The van der Waals surface area contributed by atoms with Crippen LogP contribution < -0.4 is 10.1 Å². The van der Waals surface area contributed by atoms with E-state index >= 15 is 0 Å². The van der Waals surface area contributed by atoms with Crippen molar-refractivity contribution in [2.45, 2.75) is 20.1 Å². The summed E-state index contributed by atoms with van der Waals surface area (Å²) in [5.41, 5.74) is 0.999. The molecule has 0 aliphatic heterocycles. The molecule has 0 amide bonds. The fourth-order valence-corrected chi connectivity index (χ4v) is 2.80. The van der Waals surface area contributed by atoms with Crippen molar-refractivity contribution in [3.8, 4) is 5.75 Å². The van der Waals surface area contributed by atoms with Crippen molar-refractivity contribution in [3.63, 3.8) is 0 Å². The fourth-order valence-electron chi connectivity index (χ4n) is 1.74. The van der Waals surface area contributed by atoms with Gasteiger partial charge in [-0.25, -0.2) is 8.78 Å². The van der Waals surface area contributed by atoms with Crippen molar-refractivity contribution >= 4 is 11.3 Å². The van der Waals surface area contributed by atoms with Gasteiger partial charge in [-0.1, -0.05) is 0 Å². The first-order valence-corrected chi connectivity index (χ1v) is 6.72. The zero-order chi connectivity index (χ0) is 13.8. The summed E-state index contributed by atoms with van der Waals surface area (Å²) in [5.74, 6) is -1.11. The number of benzene rings is 1. The van der Waals surface area contributed by atoms with Crippen molar-refractivity contribution < 1.29 is 13.5 Å². The summed E-state index contributed by atoms with van der Waals surface area (Å²) in [6, 6.07) is 5.22. The quantitative estimate of drug-likeness (QED) is 0.904. The lowest BCUT2D eigenvalue weighted by Crippen LogP contribution is -2.03. The van der Waals surface area contributed by atoms with Crippen LogP contribution >= 0.6 is 11.3 Å². The highest BCUT2D eigenvalue weighted by molar-refractivity contribution is 7.12. The van der Waals surface area contributed by atoms with Crippen molar-refractivity contribution in [1.82, 2.24) is 5.32 Å². The minimum atomic E-state index is -0.551. The van der Waals surface area contributed by atoms with Gasteiger partial charge in [-0.2, -0.15) is 0 Å². The van der Waals surface area contributed by atoms with Crippen LogP contribution in [0.4, 0.5) is 8.78 Å². The average Bonchev–Trinajstić information content (AvgIpc) is 2.71. The Bertz CT molecular complexity index is 569. The highest BCUT2D eigenvalue weighted by Crippen LogP contribution is 2.24. The second-order valence-electron chi connectivity index (χ2n) is 4.19. The maximum absolute atomic E-state index is 13.4. The highest BCUT2D eigenvalue weighted by atomic mass is 32.1. The zero-order valence-corrected chi connectivity index (χ0v) is 11.6. The van der Waals surface area contributed by atoms with Gasteiger partial charge >= 0.3 is 0 Å². The van der Waals surface area contributed by atoms with Crippen LogP contribution in [0.25, 0.3) is 0 Å². The lowest BCUT2D eigenvalue weighted by molar-refractivity contribution is 0.288. The number of thiophene rings is 1. The van der Waals surface area contributed by atoms with Crippen molar-refractivity contribution in [2.75, 3.05) is 7.05 Å². The number of nitrogens with one attached hydrogen (secondary N) is 1. The van der Waals surface area contributed by atoms with E-state index in [1.54, 1.807) is 11.3 Å². The summed E-state index contributed by atoms with van der Waals surface area (Å²) < 4.78 is 31.8. The molecular weight excluding hydrogens is 268 g/mol. The molecule has 2 aromatic rings. The SMILES string of the molecule is CNCc1cc(COc2cc(F)ccc2F)c(C)s1. The minimum absolute atomic E-state index is 0.0548. The lowest BCUT2D eigenvalue weighted by atomic mass is 10.2. The highest BCUT2D eigenvalue weighted by Gasteiger charge is 2.09. The van der Waals surface area contributed by atoms with E-state index in [0.717, 1.165) is 35.2 Å². The Hall–Kier alpha value is -1.46. The largest absolute Gasteiger partial charge is 0.486 e. The Morgan fingerprint density at radius 1 is 1.26 bits per heavy atom. The number of aryl methyl sites for hydroxylation is 1. The Labute approximate surface area is 115 Å². The Morgan fingerprint density at radius 2 is 2.05 bits per heavy atom. The van der Waals surface area contributed by atoms with E-state index in [4.69, 9.17) is 4.74 Å². The summed E-state index contributed by atoms with van der Waals surface area (Å²) in [5, 5.41) is 3.07. The topological polar surface area (TPSA) is 21.3 Å². The average molecular weight is 283 g/mol. The molecule has 0 aliphatic rings. The van der Waals surface area contributed by atoms with E-state index in [1.165, 1.54) is 4.88 Å². The first-order chi connectivity index (χ1) is 9.10. The number of halogens is 2. The van der Waals surface area contributed by atoms with E-state index in [2.05, 4.69) is 5.32 Å². The molecular formula is C14H15F2NOS. The first kappa shape index (κ1) is 14.0. The summed E-state index contributed by atoms with van der Waals surface area (Å²) in [4.78, 5) is 2.32. The Kier molecular flexibility index (Phi) is 4.50. The van der Waals surface area contributed by atoms with E-state index in [-0.39, 0.29) is 12.4 Å². The molecule has 0 spiro atoms. The van der Waals surface area contributed by atoms with Gasteiger partial charge in [-0.15, -0.1) is 11.3 Å². The first-order valence-electron chi connectivity index (χ1n) is 5.91. The molecule has 102 valence electrons. The van der Waals surface area contributed by atoms with Crippen LogP contribution in [0.1, 0.15) is 15.3 Å². The zero-order valence-electron chi connectivity index (χ0n) is 10.8. The Morgan fingerprint density at radius 3 is 2.79 bits per heavy atom. The smallest absolute Gasteiger partial charge is 0.165 e. The lowest BCUT2D eigenvalue weighted by Gasteiger charge is -2.06. The second-order valence-corrected chi connectivity index (χ2v) is 5.53. The molecule has 0 radical (unpaired) electrons. The maximum atomic E-state index is 13.4. The van der Waals surface area contributed by atoms with Gasteiger partial charge in [-0.05, 0) is 32.2 Å². The molecule has 1 aromatic carbocycles. The van der Waals surface area contributed by atoms with Crippen LogP contribution in [0, 0.1) is 18.6 Å². The number of ether oxygens (including phenoxy) is 1. The van der Waals surface area contributed by atoms with Crippen LogP contribution in [0.15, 0.2) is 24.3 Å². The molecule has 0 bridgehead atoms. The monoisotopic (exact) mass is 283 g/mol. The summed E-state index contributed by atoms with van der Waals surface area (Å²) in [7, 11) is 1.88. The minimum Gasteiger partial charge on any atom is -0.486 e. The molecule has 2 rings (SSSR count). The van der Waals surface area contributed by atoms with Gasteiger partial charge in [0.2, 0.25) is 0 Å². The molecule has 1 aromatic heterocycles. The van der Waals surface area contributed by atoms with Gasteiger partial charge in [0.1, 0.15) is 12.4 Å². The van der Waals surface area contributed by atoms with E-state index in [1.807, 2.05) is 20.0 Å². The Balaban J connectivity index is 2.07. The third kappa shape index (κ3) is 3.52. The predicted octanol–water partition coefficient (Wildman–Crippen LogP) is 3.63. The van der Waals surface area contributed by atoms with Gasteiger partial charge in [0.25, 0.3) is 0 Å². The van der Waals surface area contributed by atoms with Crippen LogP contribution in [-0.2, 0) is 13.2 Å². The number of hydrogen-bond acceptors (Lipinski definition) is 3. The van der Waals surface area contributed by atoms with Crippen molar-refractivity contribution in [3.05, 3.63) is 51.2 Å². The molecule has 0 fully saturated rings. The predicted molar refractivity (Wildman–Crippen MR) is 72.5 cm³/mol. The van der Waals surface area contributed by atoms with Gasteiger partial charge in [0.05, 0.1) is 0 Å². The normalized spacial score (nSPS) is 10.7. The molecule has 0 unspecified atom stereocenters. The second kappa shape index (κ2) is 6.12. The van der Waals surface area contributed by atoms with E-state index < -0.39 is 11.6 Å². The van der Waals surface area contributed by atoms with Gasteiger partial charge in [0, 0.05) is 27.9 Å². The van der Waals surface area contributed by atoms with Crippen LogP contribution in [0.2, 0.25) is 0 Å². The standard InChI is InChI=1S/C14H15F2NOS/c1-9-10(5-12(19-9)7-17-2)8-18-14-6-11(15)3-4-13(14)16/h3-6,17H,7-8H2,1-2H3. The third-order valence-electron chi connectivity index (χ3n) is 2.70. The number of rotatable bonds is 5. The van der Waals surface area contributed by atoms with Crippen molar-refractivity contribution in [1.29, 1.82) is 0 Å². The van der Waals surface area contributed by atoms with Gasteiger partial charge in [0.15, 0.2) is 11.6 Å². The molecule has 5 heteroatoms. The maximum Gasteiger partial charge on any atom is 0.165 e. The molecule has 19 heavy (non-hydrogen) atoms. The molecule has 1 heterocycles. The van der Waals surface area contributed by atoms with Gasteiger partial charge < -0.3 is 10.1 Å².